The van der Waals surface area contributed by atoms with Crippen molar-refractivity contribution < 1.29 is 9.18 Å². The first-order valence-electron chi connectivity index (χ1n) is 7.83. The lowest BCUT2D eigenvalue weighted by Crippen LogP contribution is -2.12. The molecule has 2 aromatic heterocycles. The van der Waals surface area contributed by atoms with E-state index in [0.717, 1.165) is 17.0 Å². The van der Waals surface area contributed by atoms with Crippen molar-refractivity contribution in [1.29, 1.82) is 0 Å². The fourth-order valence-corrected chi connectivity index (χ4v) is 3.85. The number of carbonyl (C=O) groups is 1. The molecule has 0 unspecified atom stereocenters. The number of halogens is 2. The lowest BCUT2D eigenvalue weighted by Gasteiger charge is -2.06. The van der Waals surface area contributed by atoms with E-state index in [2.05, 4.69) is 10.3 Å². The molecule has 0 aliphatic rings. The van der Waals surface area contributed by atoms with E-state index in [9.17, 15) is 9.18 Å². The molecule has 130 valence electrons. The van der Waals surface area contributed by atoms with Crippen LogP contribution in [-0.4, -0.2) is 15.3 Å². The zero-order valence-electron chi connectivity index (χ0n) is 13.7. The Hall–Kier alpha value is -2.70. The van der Waals surface area contributed by atoms with Crippen LogP contribution in [0.5, 0.6) is 0 Å². The highest BCUT2D eigenvalue weighted by molar-refractivity contribution is 7.19. The van der Waals surface area contributed by atoms with Crippen molar-refractivity contribution in [2.45, 2.75) is 6.92 Å². The number of hydrogen-bond acceptors (Lipinski definition) is 3. The number of carbonyl (C=O) groups excluding carboxylic acids is 1. The number of rotatable bonds is 3. The third-order valence-corrected chi connectivity index (χ3v) is 5.51. The summed E-state index contributed by atoms with van der Waals surface area (Å²) in [5, 5.41) is 3.31. The Morgan fingerprint density at radius 1 is 1.19 bits per heavy atom. The van der Waals surface area contributed by atoms with E-state index < -0.39 is 0 Å². The predicted octanol–water partition coefficient (Wildman–Crippen LogP) is 5.42. The Balaban J connectivity index is 1.66. The van der Waals surface area contributed by atoms with Gasteiger partial charge in [-0.25, -0.2) is 9.37 Å². The highest BCUT2D eigenvalue weighted by Gasteiger charge is 2.19. The van der Waals surface area contributed by atoms with Crippen molar-refractivity contribution in [3.63, 3.8) is 0 Å². The number of thiazole rings is 1. The van der Waals surface area contributed by atoms with Gasteiger partial charge in [-0.3, -0.25) is 9.20 Å². The molecule has 26 heavy (non-hydrogen) atoms. The van der Waals surface area contributed by atoms with E-state index in [4.69, 9.17) is 11.6 Å². The summed E-state index contributed by atoms with van der Waals surface area (Å²) in [6.07, 6.45) is 1.85. The quantitative estimate of drug-likeness (QED) is 0.512. The van der Waals surface area contributed by atoms with E-state index in [0.29, 0.717) is 20.5 Å². The van der Waals surface area contributed by atoms with Gasteiger partial charge in [-0.05, 0) is 43.3 Å². The number of benzene rings is 2. The zero-order valence-corrected chi connectivity index (χ0v) is 15.2. The van der Waals surface area contributed by atoms with Gasteiger partial charge in [-0.2, -0.15) is 0 Å². The average Bonchev–Trinajstić information content (AvgIpc) is 3.17. The van der Waals surface area contributed by atoms with Crippen molar-refractivity contribution in [3.05, 3.63) is 76.1 Å². The number of nitrogens with zero attached hydrogens (tertiary/aromatic N) is 2. The van der Waals surface area contributed by atoms with Crippen molar-refractivity contribution in [2.24, 2.45) is 0 Å². The molecular weight excluding hydrogens is 373 g/mol. The Kier molecular flexibility index (Phi) is 4.22. The van der Waals surface area contributed by atoms with Crippen molar-refractivity contribution in [2.75, 3.05) is 5.32 Å². The van der Waals surface area contributed by atoms with Gasteiger partial charge in [0, 0.05) is 17.5 Å². The molecule has 0 aliphatic carbocycles. The first kappa shape index (κ1) is 16.8. The second-order valence-corrected chi connectivity index (χ2v) is 7.12. The van der Waals surface area contributed by atoms with Gasteiger partial charge in [0.15, 0.2) is 4.96 Å². The van der Waals surface area contributed by atoms with Crippen LogP contribution >= 0.6 is 22.9 Å². The molecular formula is C19H13ClFN3OS. The lowest BCUT2D eigenvalue weighted by atomic mass is 10.2. The SMILES string of the molecule is Cc1c(C(=O)Nc2ccccc2Cl)sc2nc(-c3ccc(F)cc3)cn12. The van der Waals surface area contributed by atoms with Gasteiger partial charge in [-0.15, -0.1) is 0 Å². The van der Waals surface area contributed by atoms with Crippen LogP contribution in [0.15, 0.2) is 54.7 Å². The number of anilines is 1. The van der Waals surface area contributed by atoms with Crippen LogP contribution < -0.4 is 5.32 Å². The van der Waals surface area contributed by atoms with Gasteiger partial charge in [0.1, 0.15) is 10.7 Å². The molecule has 4 aromatic rings. The standard InChI is InChI=1S/C19H13ClFN3OS/c1-11-17(18(25)22-15-5-3-2-4-14(15)20)26-19-23-16(10-24(11)19)12-6-8-13(21)9-7-12/h2-10H,1H3,(H,22,25). The second kappa shape index (κ2) is 6.55. The Morgan fingerprint density at radius 3 is 2.62 bits per heavy atom. The number of imidazole rings is 1. The molecule has 0 atom stereocenters. The molecule has 0 fully saturated rings. The smallest absolute Gasteiger partial charge is 0.267 e. The summed E-state index contributed by atoms with van der Waals surface area (Å²) in [6.45, 7) is 1.86. The van der Waals surface area contributed by atoms with Crippen LogP contribution in [-0.2, 0) is 0 Å². The summed E-state index contributed by atoms with van der Waals surface area (Å²) in [4.78, 5) is 18.4. The molecule has 0 saturated carbocycles. The monoisotopic (exact) mass is 385 g/mol. The maximum atomic E-state index is 13.1. The number of nitrogens with one attached hydrogen (secondary N) is 1. The van der Waals surface area contributed by atoms with Crippen LogP contribution in [0.1, 0.15) is 15.4 Å². The lowest BCUT2D eigenvalue weighted by molar-refractivity contribution is 0.102. The largest absolute Gasteiger partial charge is 0.320 e. The molecule has 7 heteroatoms. The Labute approximate surface area is 157 Å². The van der Waals surface area contributed by atoms with Gasteiger partial charge < -0.3 is 5.32 Å². The van der Waals surface area contributed by atoms with Gasteiger partial charge in [0.05, 0.1) is 16.4 Å². The van der Waals surface area contributed by atoms with Gasteiger partial charge in [0.25, 0.3) is 5.91 Å². The number of fused-ring (bicyclic) bond motifs is 1. The highest BCUT2D eigenvalue weighted by atomic mass is 35.5. The van der Waals surface area contributed by atoms with Crippen molar-refractivity contribution >= 4 is 39.5 Å². The van der Waals surface area contributed by atoms with E-state index >= 15 is 0 Å². The van der Waals surface area contributed by atoms with Crippen LogP contribution in [0.25, 0.3) is 16.2 Å². The number of para-hydroxylation sites is 1. The van der Waals surface area contributed by atoms with E-state index in [1.54, 1.807) is 30.3 Å². The van der Waals surface area contributed by atoms with Gasteiger partial charge in [0.2, 0.25) is 0 Å². The second-order valence-electron chi connectivity index (χ2n) is 5.74. The number of amides is 1. The topological polar surface area (TPSA) is 46.4 Å². The summed E-state index contributed by atoms with van der Waals surface area (Å²) in [5.74, 6) is -0.515. The zero-order chi connectivity index (χ0) is 18.3. The number of aryl methyl sites for hydroxylation is 1. The van der Waals surface area contributed by atoms with Crippen LogP contribution in [0.4, 0.5) is 10.1 Å². The molecule has 4 rings (SSSR count). The molecule has 0 radical (unpaired) electrons. The molecule has 1 N–H and O–H groups in total. The summed E-state index contributed by atoms with van der Waals surface area (Å²) >= 11 is 7.40. The first-order valence-corrected chi connectivity index (χ1v) is 9.02. The van der Waals surface area contributed by atoms with E-state index in [1.165, 1.54) is 23.5 Å². The first-order chi connectivity index (χ1) is 12.5. The van der Waals surface area contributed by atoms with Crippen LogP contribution in [0.2, 0.25) is 5.02 Å². The molecule has 0 aliphatic heterocycles. The third kappa shape index (κ3) is 2.98. The minimum Gasteiger partial charge on any atom is -0.320 e. The summed E-state index contributed by atoms with van der Waals surface area (Å²) in [7, 11) is 0. The molecule has 0 saturated heterocycles. The Morgan fingerprint density at radius 2 is 1.92 bits per heavy atom. The summed E-state index contributed by atoms with van der Waals surface area (Å²) in [5.41, 5.74) is 2.91. The maximum Gasteiger partial charge on any atom is 0.267 e. The van der Waals surface area contributed by atoms with Crippen LogP contribution in [0.3, 0.4) is 0 Å². The molecule has 0 spiro atoms. The van der Waals surface area contributed by atoms with Crippen molar-refractivity contribution in [3.8, 4) is 11.3 Å². The predicted molar refractivity (Wildman–Crippen MR) is 103 cm³/mol. The molecule has 0 bridgehead atoms. The fourth-order valence-electron chi connectivity index (χ4n) is 2.66. The van der Waals surface area contributed by atoms with Crippen molar-refractivity contribution in [1.82, 2.24) is 9.38 Å². The maximum absolute atomic E-state index is 13.1. The van der Waals surface area contributed by atoms with Gasteiger partial charge in [-0.1, -0.05) is 35.1 Å². The molecule has 2 aromatic carbocycles. The minimum atomic E-state index is -0.288. The van der Waals surface area contributed by atoms with Gasteiger partial charge >= 0.3 is 0 Å². The summed E-state index contributed by atoms with van der Waals surface area (Å²) < 4.78 is 14.9. The fraction of sp³-hybridized carbons (Fsp3) is 0.0526. The summed E-state index contributed by atoms with van der Waals surface area (Å²) in [6, 6.07) is 13.3. The number of aromatic nitrogens is 2. The Bertz CT molecular complexity index is 1120. The van der Waals surface area contributed by atoms with E-state index in [-0.39, 0.29) is 11.7 Å². The minimum absolute atomic E-state index is 0.227. The highest BCUT2D eigenvalue weighted by Crippen LogP contribution is 2.29. The van der Waals surface area contributed by atoms with E-state index in [1.807, 2.05) is 23.6 Å². The molecule has 2 heterocycles. The average molecular weight is 386 g/mol. The number of hydrogen-bond donors (Lipinski definition) is 1. The molecule has 4 nitrogen and oxygen atoms in total. The third-order valence-electron chi connectivity index (χ3n) is 4.03. The normalized spacial score (nSPS) is 11.0. The molecule has 1 amide bonds. The van der Waals surface area contributed by atoms with Crippen LogP contribution in [0, 0.1) is 12.7 Å².